The highest BCUT2D eigenvalue weighted by atomic mass is 19.1. The Bertz CT molecular complexity index is 543. The number of aromatic nitrogens is 2. The second-order valence-electron chi connectivity index (χ2n) is 4.37. The topological polar surface area (TPSA) is 29.9 Å². The van der Waals surface area contributed by atoms with E-state index in [1.807, 2.05) is 27.1 Å². The van der Waals surface area contributed by atoms with Crippen LogP contribution in [0.4, 0.5) is 14.5 Å². The van der Waals surface area contributed by atoms with Crippen molar-refractivity contribution in [2.45, 2.75) is 19.9 Å². The summed E-state index contributed by atoms with van der Waals surface area (Å²) in [6, 6.07) is 3.32. The minimum atomic E-state index is -0.568. The summed E-state index contributed by atoms with van der Waals surface area (Å²) in [6.45, 7) is 3.72. The van der Waals surface area contributed by atoms with Crippen molar-refractivity contribution in [2.24, 2.45) is 7.05 Å². The van der Waals surface area contributed by atoms with Gasteiger partial charge in [-0.1, -0.05) is 0 Å². The lowest BCUT2D eigenvalue weighted by molar-refractivity contribution is 0.577. The molecule has 0 spiro atoms. The van der Waals surface area contributed by atoms with Gasteiger partial charge in [0.1, 0.15) is 11.6 Å². The van der Waals surface area contributed by atoms with Crippen molar-refractivity contribution in [3.63, 3.8) is 0 Å². The third-order valence-electron chi connectivity index (χ3n) is 2.77. The molecule has 18 heavy (non-hydrogen) atoms. The fourth-order valence-corrected chi connectivity index (χ4v) is 1.88. The largest absolute Gasteiger partial charge is 0.376 e. The van der Waals surface area contributed by atoms with Gasteiger partial charge in [0, 0.05) is 25.4 Å². The molecule has 1 N–H and O–H groups in total. The Balaban J connectivity index is 2.21. The average molecular weight is 251 g/mol. The smallest absolute Gasteiger partial charge is 0.126 e. The van der Waals surface area contributed by atoms with E-state index in [1.165, 1.54) is 12.1 Å². The molecule has 1 unspecified atom stereocenters. The van der Waals surface area contributed by atoms with Crippen molar-refractivity contribution in [3.8, 4) is 0 Å². The predicted octanol–water partition coefficient (Wildman–Crippen LogP) is 3.18. The molecule has 1 heterocycles. The van der Waals surface area contributed by atoms with Gasteiger partial charge in [-0.3, -0.25) is 4.68 Å². The van der Waals surface area contributed by atoms with Crippen LogP contribution >= 0.6 is 0 Å². The third-order valence-corrected chi connectivity index (χ3v) is 2.77. The van der Waals surface area contributed by atoms with Gasteiger partial charge in [0.15, 0.2) is 0 Å². The summed E-state index contributed by atoms with van der Waals surface area (Å²) >= 11 is 0. The minimum absolute atomic E-state index is 0.196. The molecule has 1 aromatic carbocycles. The predicted molar refractivity (Wildman–Crippen MR) is 66.3 cm³/mol. The van der Waals surface area contributed by atoms with Crippen LogP contribution in [0.15, 0.2) is 24.4 Å². The van der Waals surface area contributed by atoms with Gasteiger partial charge >= 0.3 is 0 Å². The van der Waals surface area contributed by atoms with Crippen LogP contribution in [0.1, 0.15) is 24.2 Å². The number of halogens is 2. The lowest BCUT2D eigenvalue weighted by Gasteiger charge is -2.15. The van der Waals surface area contributed by atoms with Crippen LogP contribution in [0.5, 0.6) is 0 Å². The second-order valence-corrected chi connectivity index (χ2v) is 4.37. The van der Waals surface area contributed by atoms with Gasteiger partial charge in [0.2, 0.25) is 0 Å². The van der Waals surface area contributed by atoms with Crippen LogP contribution in [0.25, 0.3) is 0 Å². The van der Waals surface area contributed by atoms with Crippen molar-refractivity contribution in [1.82, 2.24) is 9.78 Å². The Morgan fingerprint density at radius 1 is 1.22 bits per heavy atom. The summed E-state index contributed by atoms with van der Waals surface area (Å²) in [5, 5.41) is 7.38. The van der Waals surface area contributed by atoms with Gasteiger partial charge in [0.05, 0.1) is 11.4 Å². The molecule has 96 valence electrons. The van der Waals surface area contributed by atoms with Crippen molar-refractivity contribution in [1.29, 1.82) is 0 Å². The molecule has 2 aromatic rings. The maximum Gasteiger partial charge on any atom is 0.126 e. The number of benzene rings is 1. The number of nitrogens with zero attached hydrogens (tertiary/aromatic N) is 2. The summed E-state index contributed by atoms with van der Waals surface area (Å²) < 4.78 is 27.9. The number of hydrogen-bond acceptors (Lipinski definition) is 2. The third kappa shape index (κ3) is 2.67. The van der Waals surface area contributed by atoms with E-state index in [0.717, 1.165) is 17.4 Å². The van der Waals surface area contributed by atoms with Crippen LogP contribution in [-0.4, -0.2) is 9.78 Å². The Hall–Kier alpha value is -1.91. The quantitative estimate of drug-likeness (QED) is 0.908. The van der Waals surface area contributed by atoms with Crippen LogP contribution in [0.2, 0.25) is 0 Å². The van der Waals surface area contributed by atoms with E-state index in [2.05, 4.69) is 10.4 Å². The van der Waals surface area contributed by atoms with E-state index in [1.54, 1.807) is 4.68 Å². The van der Waals surface area contributed by atoms with E-state index in [0.29, 0.717) is 5.56 Å². The molecular formula is C13H15F2N3. The summed E-state index contributed by atoms with van der Waals surface area (Å²) in [5.41, 5.74) is 2.27. The van der Waals surface area contributed by atoms with E-state index in [-0.39, 0.29) is 6.04 Å². The molecule has 0 fully saturated rings. The van der Waals surface area contributed by atoms with Crippen molar-refractivity contribution in [2.75, 3.05) is 5.32 Å². The van der Waals surface area contributed by atoms with E-state index < -0.39 is 11.6 Å². The summed E-state index contributed by atoms with van der Waals surface area (Å²) in [6.07, 6.45) is 1.83. The Morgan fingerprint density at radius 2 is 1.83 bits per heavy atom. The number of hydrogen-bond donors (Lipinski definition) is 1. The maximum atomic E-state index is 13.1. The molecule has 2 rings (SSSR count). The molecule has 0 saturated heterocycles. The SMILES string of the molecule is Cc1nn(C)cc1NC(C)c1cc(F)cc(F)c1. The van der Waals surface area contributed by atoms with E-state index >= 15 is 0 Å². The number of anilines is 1. The normalized spacial score (nSPS) is 12.5. The van der Waals surface area contributed by atoms with Gasteiger partial charge in [-0.2, -0.15) is 5.10 Å². The Morgan fingerprint density at radius 3 is 2.33 bits per heavy atom. The van der Waals surface area contributed by atoms with Crippen molar-refractivity contribution >= 4 is 5.69 Å². The summed E-state index contributed by atoms with van der Waals surface area (Å²) in [4.78, 5) is 0. The minimum Gasteiger partial charge on any atom is -0.376 e. The Labute approximate surface area is 104 Å². The summed E-state index contributed by atoms with van der Waals surface area (Å²) in [7, 11) is 1.82. The second kappa shape index (κ2) is 4.76. The molecule has 0 amide bonds. The number of rotatable bonds is 3. The molecule has 1 aromatic heterocycles. The number of aryl methyl sites for hydroxylation is 2. The van der Waals surface area contributed by atoms with Crippen LogP contribution in [0.3, 0.4) is 0 Å². The molecule has 0 aliphatic rings. The molecule has 0 saturated carbocycles. The van der Waals surface area contributed by atoms with Gasteiger partial charge in [-0.25, -0.2) is 8.78 Å². The molecule has 0 bridgehead atoms. The van der Waals surface area contributed by atoms with E-state index in [9.17, 15) is 8.78 Å². The molecule has 3 nitrogen and oxygen atoms in total. The van der Waals surface area contributed by atoms with Crippen LogP contribution in [-0.2, 0) is 7.05 Å². The van der Waals surface area contributed by atoms with Gasteiger partial charge in [0.25, 0.3) is 0 Å². The molecule has 1 atom stereocenters. The van der Waals surface area contributed by atoms with Crippen LogP contribution < -0.4 is 5.32 Å². The van der Waals surface area contributed by atoms with Gasteiger partial charge < -0.3 is 5.32 Å². The standard InChI is InChI=1S/C13H15F2N3/c1-8(10-4-11(14)6-12(15)5-10)16-13-7-18(3)17-9(13)2/h4-8,16H,1-3H3. The molecule has 0 radical (unpaired) electrons. The van der Waals surface area contributed by atoms with E-state index in [4.69, 9.17) is 0 Å². The Kier molecular flexibility index (Phi) is 3.32. The zero-order chi connectivity index (χ0) is 13.3. The zero-order valence-electron chi connectivity index (χ0n) is 10.5. The number of nitrogens with one attached hydrogen (secondary N) is 1. The highest BCUT2D eigenvalue weighted by molar-refractivity contribution is 5.47. The molecule has 0 aliphatic heterocycles. The zero-order valence-corrected chi connectivity index (χ0v) is 10.5. The molecule has 5 heteroatoms. The first kappa shape index (κ1) is 12.5. The first-order chi connectivity index (χ1) is 8.45. The van der Waals surface area contributed by atoms with Crippen LogP contribution in [0, 0.1) is 18.6 Å². The first-order valence-corrected chi connectivity index (χ1v) is 5.68. The van der Waals surface area contributed by atoms with Crippen molar-refractivity contribution in [3.05, 3.63) is 47.3 Å². The lowest BCUT2D eigenvalue weighted by atomic mass is 10.1. The van der Waals surface area contributed by atoms with Gasteiger partial charge in [-0.15, -0.1) is 0 Å². The highest BCUT2D eigenvalue weighted by Gasteiger charge is 2.11. The fourth-order valence-electron chi connectivity index (χ4n) is 1.88. The fraction of sp³-hybridized carbons (Fsp3) is 0.308. The highest BCUT2D eigenvalue weighted by Crippen LogP contribution is 2.22. The summed E-state index contributed by atoms with van der Waals surface area (Å²) in [5.74, 6) is -1.14. The average Bonchev–Trinajstić information content (AvgIpc) is 2.56. The molecular weight excluding hydrogens is 236 g/mol. The molecule has 0 aliphatic carbocycles. The maximum absolute atomic E-state index is 13.1. The lowest BCUT2D eigenvalue weighted by Crippen LogP contribution is -2.07. The first-order valence-electron chi connectivity index (χ1n) is 5.68. The monoisotopic (exact) mass is 251 g/mol. The van der Waals surface area contributed by atoms with Gasteiger partial charge in [-0.05, 0) is 31.5 Å². The van der Waals surface area contributed by atoms with Crippen molar-refractivity contribution < 1.29 is 8.78 Å².